The van der Waals surface area contributed by atoms with Crippen LogP contribution >= 0.6 is 23.2 Å². The fraction of sp³-hybridized carbons (Fsp3) is 0.318. The first-order valence-electron chi connectivity index (χ1n) is 9.23. The average molecular weight is 471 g/mol. The van der Waals surface area contributed by atoms with Crippen LogP contribution in [0.3, 0.4) is 0 Å². The van der Waals surface area contributed by atoms with Crippen LogP contribution in [0.2, 0.25) is 10.0 Å². The van der Waals surface area contributed by atoms with Gasteiger partial charge in [-0.1, -0.05) is 37.0 Å². The number of rotatable bonds is 4. The number of halogens is 2. The molecule has 0 aliphatic carbocycles. The molecule has 0 fully saturated rings. The van der Waals surface area contributed by atoms with Crippen LogP contribution in [0.1, 0.15) is 55.3 Å². The van der Waals surface area contributed by atoms with Crippen molar-refractivity contribution in [3.8, 4) is 0 Å². The Morgan fingerprint density at radius 1 is 0.710 bits per heavy atom. The second kappa shape index (κ2) is 12.3. The standard InChI is InChI=1S/C14H8Cl2O4.C8H16O3/c15-11-5-1-9(2-6-11)13(17)19-20-14(18)10-3-7-12(16)8-4-10;1-6(2)7(9)10-11-8(3,4)5/h1-8H;6H,1-5H3. The van der Waals surface area contributed by atoms with Gasteiger partial charge >= 0.3 is 17.9 Å². The van der Waals surface area contributed by atoms with E-state index in [9.17, 15) is 14.4 Å². The Labute approximate surface area is 191 Å². The van der Waals surface area contributed by atoms with E-state index in [0.29, 0.717) is 10.0 Å². The maximum Gasteiger partial charge on any atom is 0.386 e. The number of benzene rings is 2. The molecule has 31 heavy (non-hydrogen) atoms. The van der Waals surface area contributed by atoms with Crippen LogP contribution in [0, 0.1) is 5.92 Å². The Morgan fingerprint density at radius 2 is 1.06 bits per heavy atom. The normalized spacial score (nSPS) is 10.6. The summed E-state index contributed by atoms with van der Waals surface area (Å²) in [6.45, 7) is 8.98. The molecule has 0 bridgehead atoms. The summed E-state index contributed by atoms with van der Waals surface area (Å²) < 4.78 is 0. The third-order valence-electron chi connectivity index (χ3n) is 3.20. The average Bonchev–Trinajstić information content (AvgIpc) is 2.71. The van der Waals surface area contributed by atoms with Crippen molar-refractivity contribution in [1.29, 1.82) is 0 Å². The van der Waals surface area contributed by atoms with Gasteiger partial charge in [-0.2, -0.15) is 4.89 Å². The van der Waals surface area contributed by atoms with Crippen molar-refractivity contribution in [3.63, 3.8) is 0 Å². The fourth-order valence-electron chi connectivity index (χ4n) is 1.61. The van der Waals surface area contributed by atoms with Crippen LogP contribution in [0.5, 0.6) is 0 Å². The Morgan fingerprint density at radius 3 is 1.35 bits per heavy atom. The van der Waals surface area contributed by atoms with Gasteiger partial charge < -0.3 is 0 Å². The van der Waals surface area contributed by atoms with Gasteiger partial charge in [0.05, 0.1) is 17.0 Å². The van der Waals surface area contributed by atoms with Crippen LogP contribution in [-0.4, -0.2) is 23.5 Å². The molecular formula is C22H24Cl2O7. The molecule has 0 spiro atoms. The predicted molar refractivity (Wildman–Crippen MR) is 116 cm³/mol. The van der Waals surface area contributed by atoms with E-state index in [1.165, 1.54) is 48.5 Å². The second-order valence-electron chi connectivity index (χ2n) is 7.51. The lowest BCUT2D eigenvalue weighted by Gasteiger charge is -2.17. The highest BCUT2D eigenvalue weighted by atomic mass is 35.5. The van der Waals surface area contributed by atoms with E-state index >= 15 is 0 Å². The minimum absolute atomic E-state index is 0.141. The zero-order valence-corrected chi connectivity index (χ0v) is 19.3. The summed E-state index contributed by atoms with van der Waals surface area (Å²) >= 11 is 11.4. The molecule has 0 unspecified atom stereocenters. The van der Waals surface area contributed by atoms with E-state index in [0.717, 1.165) is 0 Å². The Balaban J connectivity index is 0.000000373. The lowest BCUT2D eigenvalue weighted by Crippen LogP contribution is -2.23. The van der Waals surface area contributed by atoms with E-state index in [1.807, 2.05) is 20.8 Å². The molecule has 0 heterocycles. The second-order valence-corrected chi connectivity index (χ2v) is 8.38. The summed E-state index contributed by atoms with van der Waals surface area (Å²) in [7, 11) is 0. The molecule has 0 N–H and O–H groups in total. The zero-order valence-electron chi connectivity index (χ0n) is 17.8. The summed E-state index contributed by atoms with van der Waals surface area (Å²) in [5.41, 5.74) is 0.0153. The van der Waals surface area contributed by atoms with Crippen molar-refractivity contribution in [2.24, 2.45) is 5.92 Å². The molecule has 0 amide bonds. The molecule has 0 aromatic heterocycles. The maximum atomic E-state index is 11.6. The Bertz CT molecular complexity index is 813. The summed E-state index contributed by atoms with van der Waals surface area (Å²) in [6.07, 6.45) is 0. The van der Waals surface area contributed by atoms with Gasteiger partial charge in [0.1, 0.15) is 5.60 Å². The molecule has 7 nitrogen and oxygen atoms in total. The molecule has 0 radical (unpaired) electrons. The van der Waals surface area contributed by atoms with Gasteiger partial charge in [0.15, 0.2) is 0 Å². The molecule has 0 saturated heterocycles. The van der Waals surface area contributed by atoms with Gasteiger partial charge in [-0.25, -0.2) is 24.2 Å². The minimum atomic E-state index is -0.788. The largest absolute Gasteiger partial charge is 0.386 e. The number of carbonyl (C=O) groups excluding carboxylic acids is 3. The molecule has 0 aliphatic rings. The van der Waals surface area contributed by atoms with Crippen LogP contribution in [-0.2, 0) is 24.3 Å². The fourth-order valence-corrected chi connectivity index (χ4v) is 1.86. The Kier molecular flexibility index (Phi) is 10.5. The van der Waals surface area contributed by atoms with Gasteiger partial charge in [-0.3, -0.25) is 4.89 Å². The smallest absolute Gasteiger partial charge is 0.298 e. The van der Waals surface area contributed by atoms with E-state index < -0.39 is 17.5 Å². The topological polar surface area (TPSA) is 88.1 Å². The van der Waals surface area contributed by atoms with Gasteiger partial charge in [0.2, 0.25) is 0 Å². The molecule has 0 atom stereocenters. The van der Waals surface area contributed by atoms with Gasteiger partial charge in [0.25, 0.3) is 0 Å². The van der Waals surface area contributed by atoms with Crippen molar-refractivity contribution in [2.45, 2.75) is 40.2 Å². The number of hydrogen-bond acceptors (Lipinski definition) is 7. The lowest BCUT2D eigenvalue weighted by atomic mass is 10.2. The van der Waals surface area contributed by atoms with Crippen molar-refractivity contribution in [3.05, 3.63) is 69.7 Å². The van der Waals surface area contributed by atoms with E-state index in [1.54, 1.807) is 13.8 Å². The molecule has 2 aromatic carbocycles. The number of carbonyl (C=O) groups is 3. The zero-order chi connectivity index (χ0) is 23.6. The van der Waals surface area contributed by atoms with Crippen LogP contribution in [0.4, 0.5) is 0 Å². The van der Waals surface area contributed by atoms with Crippen molar-refractivity contribution in [2.75, 3.05) is 0 Å². The first kappa shape index (κ1) is 26.4. The minimum Gasteiger partial charge on any atom is -0.298 e. The summed E-state index contributed by atoms with van der Waals surface area (Å²) in [4.78, 5) is 52.2. The van der Waals surface area contributed by atoms with Crippen molar-refractivity contribution < 1.29 is 33.9 Å². The van der Waals surface area contributed by atoms with Crippen LogP contribution in [0.25, 0.3) is 0 Å². The highest BCUT2D eigenvalue weighted by Crippen LogP contribution is 2.13. The van der Waals surface area contributed by atoms with Crippen LogP contribution < -0.4 is 0 Å². The van der Waals surface area contributed by atoms with Gasteiger partial charge in [0, 0.05) is 10.0 Å². The third kappa shape index (κ3) is 10.8. The molecule has 2 aromatic rings. The quantitative estimate of drug-likeness (QED) is 0.409. The lowest BCUT2D eigenvalue weighted by molar-refractivity contribution is -0.322. The number of hydrogen-bond donors (Lipinski definition) is 0. The van der Waals surface area contributed by atoms with Crippen molar-refractivity contribution >= 4 is 41.1 Å². The summed E-state index contributed by atoms with van der Waals surface area (Å²) in [5.74, 6) is -2.05. The first-order valence-corrected chi connectivity index (χ1v) is 9.98. The van der Waals surface area contributed by atoms with E-state index in [-0.39, 0.29) is 23.0 Å². The third-order valence-corrected chi connectivity index (χ3v) is 3.70. The summed E-state index contributed by atoms with van der Waals surface area (Å²) in [6, 6.07) is 11.9. The SMILES string of the molecule is CC(C)C(=O)OOC(C)(C)C.O=C(OOC(=O)c1ccc(Cl)cc1)c1ccc(Cl)cc1. The molecule has 0 aliphatic heterocycles. The summed E-state index contributed by atoms with van der Waals surface area (Å²) in [5, 5.41) is 0.972. The van der Waals surface area contributed by atoms with Gasteiger partial charge in [-0.15, -0.1) is 0 Å². The van der Waals surface area contributed by atoms with Gasteiger partial charge in [-0.05, 0) is 69.3 Å². The monoisotopic (exact) mass is 470 g/mol. The maximum absolute atomic E-state index is 11.6. The molecule has 9 heteroatoms. The van der Waals surface area contributed by atoms with Crippen LogP contribution in [0.15, 0.2) is 48.5 Å². The Hall–Kier alpha value is -2.61. The van der Waals surface area contributed by atoms with E-state index in [4.69, 9.17) is 28.1 Å². The molecule has 0 saturated carbocycles. The predicted octanol–water partition coefficient (Wildman–Crippen LogP) is 5.84. The van der Waals surface area contributed by atoms with Crippen molar-refractivity contribution in [1.82, 2.24) is 0 Å². The highest BCUT2D eigenvalue weighted by molar-refractivity contribution is 6.31. The highest BCUT2D eigenvalue weighted by Gasteiger charge is 2.17. The molecular weight excluding hydrogens is 447 g/mol. The van der Waals surface area contributed by atoms with E-state index in [2.05, 4.69) is 14.7 Å². The molecule has 2 rings (SSSR count). The first-order chi connectivity index (χ1) is 14.4. The molecule has 168 valence electrons.